The summed E-state index contributed by atoms with van der Waals surface area (Å²) in [5.41, 5.74) is 5.66. The first-order valence-corrected chi connectivity index (χ1v) is 9.39. The first kappa shape index (κ1) is 17.4. The van der Waals surface area contributed by atoms with Gasteiger partial charge >= 0.3 is 0 Å². The van der Waals surface area contributed by atoms with Crippen molar-refractivity contribution in [1.29, 1.82) is 0 Å². The second kappa shape index (κ2) is 7.14. The van der Waals surface area contributed by atoms with Crippen LogP contribution in [0.25, 0.3) is 0 Å². The number of carbonyl (C=O) groups excluding carboxylic acids is 1. The van der Waals surface area contributed by atoms with Crippen LogP contribution in [0.2, 0.25) is 16.6 Å². The van der Waals surface area contributed by atoms with E-state index < -0.39 is 8.07 Å². The normalized spacial score (nSPS) is 13.7. The highest BCUT2D eigenvalue weighted by molar-refractivity contribution is 6.90. The van der Waals surface area contributed by atoms with Gasteiger partial charge in [0.05, 0.1) is 0 Å². The van der Waals surface area contributed by atoms with Gasteiger partial charge in [-0.3, -0.25) is 4.79 Å². The Balaban J connectivity index is 5.25. The molecule has 2 heteroatoms. The Morgan fingerprint density at radius 3 is 1.61 bits per heavy atom. The highest BCUT2D eigenvalue weighted by atomic mass is 28.3. The van der Waals surface area contributed by atoms with Gasteiger partial charge in [-0.1, -0.05) is 48.5 Å². The molecule has 0 spiro atoms. The maximum Gasteiger partial charge on any atom is 0.145 e. The zero-order chi connectivity index (χ0) is 14.5. The van der Waals surface area contributed by atoms with Crippen molar-refractivity contribution in [1.82, 2.24) is 0 Å². The molecule has 1 nitrogen and oxygen atoms in total. The lowest BCUT2D eigenvalue weighted by atomic mass is 10.1. The van der Waals surface area contributed by atoms with E-state index in [2.05, 4.69) is 59.9 Å². The van der Waals surface area contributed by atoms with E-state index in [9.17, 15) is 4.79 Å². The number of ketones is 1. The van der Waals surface area contributed by atoms with Crippen LogP contribution in [-0.2, 0) is 4.79 Å². The Morgan fingerprint density at radius 2 is 1.33 bits per heavy atom. The van der Waals surface area contributed by atoms with Crippen molar-refractivity contribution in [3.05, 3.63) is 0 Å². The second-order valence-electron chi connectivity index (χ2n) is 6.47. The molecule has 0 unspecified atom stereocenters. The topological polar surface area (TPSA) is 17.1 Å². The predicted molar refractivity (Wildman–Crippen MR) is 83.3 cm³/mol. The Hall–Kier alpha value is -0.553. The van der Waals surface area contributed by atoms with Crippen LogP contribution in [0, 0.1) is 17.4 Å². The van der Waals surface area contributed by atoms with Crippen molar-refractivity contribution in [2.45, 2.75) is 78.4 Å². The van der Waals surface area contributed by atoms with E-state index in [0.717, 1.165) is 0 Å². The third kappa shape index (κ3) is 4.28. The Kier molecular flexibility index (Phi) is 6.92. The largest absolute Gasteiger partial charge is 0.300 e. The van der Waals surface area contributed by atoms with E-state index >= 15 is 0 Å². The monoisotopic (exact) mass is 266 g/mol. The minimum Gasteiger partial charge on any atom is -0.300 e. The summed E-state index contributed by atoms with van der Waals surface area (Å²) in [6.45, 7) is 17.6. The quantitative estimate of drug-likeness (QED) is 0.515. The maximum atomic E-state index is 11.1. The minimum atomic E-state index is -1.61. The van der Waals surface area contributed by atoms with E-state index in [1.807, 2.05) is 0 Å². The zero-order valence-corrected chi connectivity index (χ0v) is 14.4. The van der Waals surface area contributed by atoms with Gasteiger partial charge in [0, 0.05) is 12.3 Å². The lowest BCUT2D eigenvalue weighted by Gasteiger charge is -2.38. The van der Waals surface area contributed by atoms with Crippen LogP contribution < -0.4 is 0 Å². The van der Waals surface area contributed by atoms with E-state index in [0.29, 0.717) is 23.0 Å². The van der Waals surface area contributed by atoms with Gasteiger partial charge in [-0.05, 0) is 23.5 Å². The van der Waals surface area contributed by atoms with Gasteiger partial charge in [-0.25, -0.2) is 0 Å². The zero-order valence-electron chi connectivity index (χ0n) is 13.4. The van der Waals surface area contributed by atoms with Crippen molar-refractivity contribution < 1.29 is 4.79 Å². The van der Waals surface area contributed by atoms with Gasteiger partial charge in [-0.2, -0.15) is 0 Å². The molecule has 1 atom stereocenters. The van der Waals surface area contributed by atoms with Gasteiger partial charge in [0.15, 0.2) is 0 Å². The Bertz CT molecular complexity index is 309. The fourth-order valence-electron chi connectivity index (χ4n) is 3.16. The van der Waals surface area contributed by atoms with Crippen LogP contribution >= 0.6 is 0 Å². The summed E-state index contributed by atoms with van der Waals surface area (Å²) in [4.78, 5) is 11.1. The third-order valence-electron chi connectivity index (χ3n) is 3.99. The lowest BCUT2D eigenvalue weighted by Crippen LogP contribution is -2.43. The van der Waals surface area contributed by atoms with Crippen LogP contribution in [0.4, 0.5) is 0 Å². The highest BCUT2D eigenvalue weighted by Crippen LogP contribution is 2.40. The molecule has 0 aliphatic heterocycles. The molecule has 0 saturated carbocycles. The van der Waals surface area contributed by atoms with Crippen LogP contribution in [0.15, 0.2) is 0 Å². The molecule has 0 aromatic carbocycles. The molecule has 0 N–H and O–H groups in total. The van der Waals surface area contributed by atoms with Gasteiger partial charge in [0.2, 0.25) is 0 Å². The molecular formula is C16H30OSi. The number of hydrogen-bond donors (Lipinski definition) is 0. The fourth-order valence-corrected chi connectivity index (χ4v) is 8.53. The molecule has 0 aliphatic rings. The molecule has 0 amide bonds. The summed E-state index contributed by atoms with van der Waals surface area (Å²) in [7, 11) is -1.61. The van der Waals surface area contributed by atoms with Gasteiger partial charge < -0.3 is 0 Å². The molecule has 0 saturated heterocycles. The molecule has 0 rings (SSSR count). The molecular weight excluding hydrogens is 236 g/mol. The number of Topliss-reactive ketones (excluding diaryl/α,β-unsaturated/α-hetero) is 1. The van der Waals surface area contributed by atoms with Crippen molar-refractivity contribution >= 4 is 13.9 Å². The van der Waals surface area contributed by atoms with E-state index in [1.165, 1.54) is 0 Å². The molecule has 0 bridgehead atoms. The SMILES string of the molecule is CC(=O)C[C@H](C)C#C[Si](C(C)C)(C(C)C)C(C)C. The molecule has 0 aromatic heterocycles. The molecule has 104 valence electrons. The molecule has 0 aliphatic carbocycles. The van der Waals surface area contributed by atoms with Gasteiger partial charge in [0.25, 0.3) is 0 Å². The molecule has 0 aromatic rings. The predicted octanol–water partition coefficient (Wildman–Crippen LogP) is 4.82. The minimum absolute atomic E-state index is 0.200. The highest BCUT2D eigenvalue weighted by Gasteiger charge is 2.41. The van der Waals surface area contributed by atoms with E-state index in [1.54, 1.807) is 6.92 Å². The lowest BCUT2D eigenvalue weighted by molar-refractivity contribution is -0.117. The Morgan fingerprint density at radius 1 is 0.944 bits per heavy atom. The number of carbonyl (C=O) groups is 1. The Labute approximate surface area is 115 Å². The average molecular weight is 267 g/mol. The van der Waals surface area contributed by atoms with Crippen molar-refractivity contribution in [3.63, 3.8) is 0 Å². The average Bonchev–Trinajstić information content (AvgIpc) is 2.15. The molecule has 0 fully saturated rings. The van der Waals surface area contributed by atoms with Crippen LogP contribution in [0.1, 0.15) is 61.8 Å². The van der Waals surface area contributed by atoms with Gasteiger partial charge in [-0.15, -0.1) is 11.5 Å². The van der Waals surface area contributed by atoms with E-state index in [4.69, 9.17) is 0 Å². The summed E-state index contributed by atoms with van der Waals surface area (Å²) in [5.74, 6) is 3.83. The van der Waals surface area contributed by atoms with E-state index in [-0.39, 0.29) is 11.7 Å². The molecule has 0 heterocycles. The molecule has 0 radical (unpaired) electrons. The summed E-state index contributed by atoms with van der Waals surface area (Å²) < 4.78 is 0. The number of rotatable bonds is 5. The maximum absolute atomic E-state index is 11.1. The second-order valence-corrected chi connectivity index (χ2v) is 12.1. The van der Waals surface area contributed by atoms with Crippen molar-refractivity contribution in [3.8, 4) is 11.5 Å². The third-order valence-corrected chi connectivity index (χ3v) is 10.3. The number of hydrogen-bond acceptors (Lipinski definition) is 1. The summed E-state index contributed by atoms with van der Waals surface area (Å²) >= 11 is 0. The fraction of sp³-hybridized carbons (Fsp3) is 0.812. The summed E-state index contributed by atoms with van der Waals surface area (Å²) in [6.07, 6.45) is 0.589. The first-order chi connectivity index (χ1) is 8.14. The molecule has 18 heavy (non-hydrogen) atoms. The standard InChI is InChI=1S/C16H30OSi/c1-12(2)18(13(3)4,14(5)6)10-9-15(7)11-16(8)17/h12-15H,11H2,1-8H3/t15-/m1/s1. The summed E-state index contributed by atoms with van der Waals surface area (Å²) in [6, 6.07) is 0. The van der Waals surface area contributed by atoms with Crippen LogP contribution in [0.5, 0.6) is 0 Å². The van der Waals surface area contributed by atoms with Crippen LogP contribution in [0.3, 0.4) is 0 Å². The van der Waals surface area contributed by atoms with Gasteiger partial charge in [0.1, 0.15) is 13.9 Å². The van der Waals surface area contributed by atoms with Crippen molar-refractivity contribution in [2.75, 3.05) is 0 Å². The summed E-state index contributed by atoms with van der Waals surface area (Å²) in [5, 5.41) is 0. The smallest absolute Gasteiger partial charge is 0.145 e. The van der Waals surface area contributed by atoms with Crippen LogP contribution in [-0.4, -0.2) is 13.9 Å². The van der Waals surface area contributed by atoms with Crippen molar-refractivity contribution in [2.24, 2.45) is 5.92 Å². The first-order valence-electron chi connectivity index (χ1n) is 7.16.